The van der Waals surface area contributed by atoms with Gasteiger partial charge in [0.05, 0.1) is 35.1 Å². The minimum Gasteiger partial charge on any atom is -0.390 e. The van der Waals surface area contributed by atoms with Crippen LogP contribution in [-0.4, -0.2) is 54.9 Å². The number of piperidine rings is 1. The maximum Gasteiger partial charge on any atom is 0.153 e. The first-order valence-electron chi connectivity index (χ1n) is 10.6. The van der Waals surface area contributed by atoms with Crippen LogP contribution < -0.4 is 10.6 Å². The summed E-state index contributed by atoms with van der Waals surface area (Å²) in [5.41, 5.74) is 10.5. The van der Waals surface area contributed by atoms with E-state index in [1.807, 2.05) is 19.1 Å². The summed E-state index contributed by atoms with van der Waals surface area (Å²) in [5, 5.41) is 10.6. The van der Waals surface area contributed by atoms with E-state index in [4.69, 9.17) is 32.0 Å². The van der Waals surface area contributed by atoms with Gasteiger partial charge in [-0.05, 0) is 54.5 Å². The fourth-order valence-electron chi connectivity index (χ4n) is 4.71. The second-order valence-electron chi connectivity index (χ2n) is 8.47. The number of alkyl halides is 1. The quantitative estimate of drug-likeness (QED) is 0.367. The first-order chi connectivity index (χ1) is 15.4. The average molecular weight is 567 g/mol. The molecule has 10 heteroatoms. The number of hydrogen-bond acceptors (Lipinski definition) is 8. The Morgan fingerprint density at radius 3 is 2.69 bits per heavy atom. The van der Waals surface area contributed by atoms with Crippen LogP contribution in [0.4, 0.5) is 5.82 Å². The maximum atomic E-state index is 10.1. The molecule has 0 unspecified atom stereocenters. The molecule has 3 aromatic rings. The molecule has 8 nitrogen and oxygen atoms in total. The van der Waals surface area contributed by atoms with Crippen molar-refractivity contribution in [3.63, 3.8) is 0 Å². The lowest BCUT2D eigenvalue weighted by Crippen LogP contribution is -2.50. The van der Waals surface area contributed by atoms with E-state index in [0.29, 0.717) is 28.5 Å². The van der Waals surface area contributed by atoms with Gasteiger partial charge in [0.1, 0.15) is 15.3 Å². The summed E-state index contributed by atoms with van der Waals surface area (Å²) in [6.45, 7) is 4.01. The van der Waals surface area contributed by atoms with Crippen LogP contribution in [0.2, 0.25) is 5.02 Å². The van der Waals surface area contributed by atoms with E-state index < -0.39 is 0 Å². The molecule has 1 spiro atoms. The first-order valence-corrected chi connectivity index (χ1v) is 12.2. The van der Waals surface area contributed by atoms with Crippen molar-refractivity contribution in [2.45, 2.75) is 36.5 Å². The van der Waals surface area contributed by atoms with Crippen molar-refractivity contribution in [1.29, 1.82) is 0 Å². The summed E-state index contributed by atoms with van der Waals surface area (Å²) in [6.07, 6.45) is 5.10. The number of ether oxygens (including phenoxy) is 1. The summed E-state index contributed by atoms with van der Waals surface area (Å²) in [6, 6.07) is 3.79. The molecule has 5 rings (SSSR count). The van der Waals surface area contributed by atoms with Gasteiger partial charge in [0, 0.05) is 42.5 Å². The summed E-state index contributed by atoms with van der Waals surface area (Å²) >= 11 is 8.94. The fourth-order valence-corrected chi connectivity index (χ4v) is 5.95. The number of nitrogens with zero attached hydrogens (tertiary/aromatic N) is 5. The topological polar surface area (TPSA) is 110 Å². The molecule has 168 valence electrons. The molecule has 32 heavy (non-hydrogen) atoms. The van der Waals surface area contributed by atoms with Gasteiger partial charge in [0.25, 0.3) is 0 Å². The van der Waals surface area contributed by atoms with Crippen LogP contribution in [0.25, 0.3) is 22.3 Å². The third-order valence-electron chi connectivity index (χ3n) is 6.68. The highest BCUT2D eigenvalue weighted by Gasteiger charge is 2.48. The van der Waals surface area contributed by atoms with E-state index in [2.05, 4.69) is 37.5 Å². The molecule has 0 bridgehead atoms. The van der Waals surface area contributed by atoms with E-state index in [1.54, 1.807) is 12.4 Å². The normalized spacial score (nSPS) is 22.7. The first kappa shape index (κ1) is 22.1. The molecule has 2 aromatic heterocycles. The molecule has 0 radical (unpaired) electrons. The standard InChI is InChI=1S/C22H24ClIN6O2/c1-12-17(13-2-3-14-18(16(13)23)27-7-6-26-14)29-15(10-31)21(28-12)30-8-4-22(5-9-30)11-32-20(24)19(22)25/h2-3,6-7,19-20,31H,4-5,8-11,25H2,1H3/t19-,20-/m1/s1. The molecule has 3 N–H and O–H groups in total. The summed E-state index contributed by atoms with van der Waals surface area (Å²) in [7, 11) is 0. The minimum atomic E-state index is -0.208. The van der Waals surface area contributed by atoms with Gasteiger partial charge in [-0.25, -0.2) is 9.97 Å². The molecule has 2 saturated heterocycles. The van der Waals surface area contributed by atoms with Crippen molar-refractivity contribution < 1.29 is 9.84 Å². The fraction of sp³-hybridized carbons (Fsp3) is 0.455. The Labute approximate surface area is 204 Å². The number of halogens is 2. The van der Waals surface area contributed by atoms with Crippen LogP contribution in [-0.2, 0) is 11.3 Å². The van der Waals surface area contributed by atoms with Crippen molar-refractivity contribution in [2.75, 3.05) is 24.6 Å². The molecule has 2 atom stereocenters. The summed E-state index contributed by atoms with van der Waals surface area (Å²) in [4.78, 5) is 20.5. The van der Waals surface area contributed by atoms with Crippen molar-refractivity contribution >= 4 is 51.0 Å². The van der Waals surface area contributed by atoms with Crippen LogP contribution in [0.3, 0.4) is 0 Å². The molecule has 0 amide bonds. The van der Waals surface area contributed by atoms with Crippen molar-refractivity contribution in [1.82, 2.24) is 19.9 Å². The number of fused-ring (bicyclic) bond motifs is 1. The van der Waals surface area contributed by atoms with E-state index >= 15 is 0 Å². The van der Waals surface area contributed by atoms with Crippen LogP contribution >= 0.6 is 34.2 Å². The third-order valence-corrected chi connectivity index (χ3v) is 8.20. The smallest absolute Gasteiger partial charge is 0.153 e. The average Bonchev–Trinajstić information content (AvgIpc) is 3.09. The number of nitrogens with two attached hydrogens (primary N) is 1. The van der Waals surface area contributed by atoms with Gasteiger partial charge >= 0.3 is 0 Å². The van der Waals surface area contributed by atoms with Gasteiger partial charge in [0.2, 0.25) is 0 Å². The van der Waals surface area contributed by atoms with Crippen LogP contribution in [0.1, 0.15) is 24.2 Å². The van der Waals surface area contributed by atoms with Crippen molar-refractivity contribution in [2.24, 2.45) is 11.1 Å². The number of hydrogen-bond donors (Lipinski definition) is 2. The van der Waals surface area contributed by atoms with Gasteiger partial charge in [-0.2, -0.15) is 0 Å². The van der Waals surface area contributed by atoms with Crippen LogP contribution in [0, 0.1) is 12.3 Å². The Hall–Kier alpha value is -1.66. The number of aromatic nitrogens is 4. The number of anilines is 1. The number of aliphatic hydroxyl groups excluding tert-OH is 1. The second-order valence-corrected chi connectivity index (χ2v) is 10.1. The van der Waals surface area contributed by atoms with E-state index in [-0.39, 0.29) is 22.2 Å². The molecule has 1 aromatic carbocycles. The molecular weight excluding hydrogens is 543 g/mol. The number of aliphatic hydroxyl groups is 1. The van der Waals surface area contributed by atoms with Crippen molar-refractivity contribution in [3.05, 3.63) is 40.9 Å². The molecule has 2 fully saturated rings. The lowest BCUT2D eigenvalue weighted by molar-refractivity contribution is 0.127. The monoisotopic (exact) mass is 566 g/mol. The van der Waals surface area contributed by atoms with Crippen molar-refractivity contribution in [3.8, 4) is 11.3 Å². The van der Waals surface area contributed by atoms with E-state index in [0.717, 1.165) is 48.5 Å². The zero-order valence-electron chi connectivity index (χ0n) is 17.6. The molecule has 0 saturated carbocycles. The molecule has 4 heterocycles. The highest BCUT2D eigenvalue weighted by molar-refractivity contribution is 14.1. The zero-order chi connectivity index (χ0) is 22.5. The van der Waals surface area contributed by atoms with E-state index in [9.17, 15) is 5.11 Å². The molecule has 2 aliphatic rings. The predicted molar refractivity (Wildman–Crippen MR) is 132 cm³/mol. The zero-order valence-corrected chi connectivity index (χ0v) is 20.5. The Bertz CT molecular complexity index is 1170. The van der Waals surface area contributed by atoms with Gasteiger partial charge in [-0.3, -0.25) is 9.97 Å². The molecule has 2 aliphatic heterocycles. The number of benzene rings is 1. The number of rotatable bonds is 3. The van der Waals surface area contributed by atoms with Crippen LogP contribution in [0.5, 0.6) is 0 Å². The van der Waals surface area contributed by atoms with Gasteiger partial charge < -0.3 is 20.5 Å². The summed E-state index contributed by atoms with van der Waals surface area (Å²) in [5.74, 6) is 0.721. The maximum absolute atomic E-state index is 10.1. The number of aryl methyl sites for hydroxylation is 1. The molecular formula is C22H24ClIN6O2. The van der Waals surface area contributed by atoms with Gasteiger partial charge in [0.15, 0.2) is 5.82 Å². The third kappa shape index (κ3) is 3.63. The second kappa shape index (κ2) is 8.60. The Morgan fingerprint density at radius 2 is 2.00 bits per heavy atom. The Morgan fingerprint density at radius 1 is 1.25 bits per heavy atom. The summed E-state index contributed by atoms with van der Waals surface area (Å²) < 4.78 is 5.88. The van der Waals surface area contributed by atoms with Crippen LogP contribution in [0.15, 0.2) is 24.5 Å². The predicted octanol–water partition coefficient (Wildman–Crippen LogP) is 3.25. The highest BCUT2D eigenvalue weighted by atomic mass is 127. The lowest BCUT2D eigenvalue weighted by atomic mass is 9.75. The van der Waals surface area contributed by atoms with Gasteiger partial charge in [-0.1, -0.05) is 11.6 Å². The molecule has 0 aliphatic carbocycles. The highest BCUT2D eigenvalue weighted by Crippen LogP contribution is 2.44. The Kier molecular flexibility index (Phi) is 5.95. The lowest BCUT2D eigenvalue weighted by Gasteiger charge is -2.41. The largest absolute Gasteiger partial charge is 0.390 e. The minimum absolute atomic E-state index is 0.0177. The SMILES string of the molecule is Cc1nc(N2CCC3(CC2)CO[C@@H](I)[C@H]3N)c(CO)nc1-c1ccc2nccnc2c1Cl. The Balaban J connectivity index is 1.47. The van der Waals surface area contributed by atoms with Gasteiger partial charge in [-0.15, -0.1) is 0 Å². The van der Waals surface area contributed by atoms with E-state index in [1.165, 1.54) is 0 Å².